The third kappa shape index (κ3) is 4.73. The third-order valence-corrected chi connectivity index (χ3v) is 15.3. The van der Waals surface area contributed by atoms with Crippen LogP contribution in [0.25, 0.3) is 58.1 Å². The van der Waals surface area contributed by atoms with E-state index >= 15 is 0 Å². The molecule has 48 heavy (non-hydrogen) atoms. The first-order chi connectivity index (χ1) is 23.0. The van der Waals surface area contributed by atoms with Crippen LogP contribution in [0, 0.1) is 35.8 Å². The van der Waals surface area contributed by atoms with E-state index in [-0.39, 0.29) is 11.7 Å². The Balaban J connectivity index is 1.21. The summed E-state index contributed by atoms with van der Waals surface area (Å²) in [6.07, 6.45) is 0. The smallest absolute Gasteiger partial charge is 0.350 e. The molecule has 0 saturated heterocycles. The molecule has 232 valence electrons. The van der Waals surface area contributed by atoms with Crippen LogP contribution in [0.15, 0.2) is 46.4 Å². The maximum Gasteiger partial charge on any atom is 0.350 e. The third-order valence-electron chi connectivity index (χ3n) is 7.84. The Morgan fingerprint density at radius 1 is 0.625 bits per heavy atom. The van der Waals surface area contributed by atoms with Crippen molar-refractivity contribution in [1.29, 1.82) is 10.5 Å². The van der Waals surface area contributed by atoms with Gasteiger partial charge in [0.15, 0.2) is 11.5 Å². The zero-order valence-corrected chi connectivity index (χ0v) is 30.3. The molecular formula is C34H18N6O2S6. The van der Waals surface area contributed by atoms with Crippen LogP contribution in [0.1, 0.15) is 38.8 Å². The highest BCUT2D eigenvalue weighted by Crippen LogP contribution is 2.65. The van der Waals surface area contributed by atoms with Gasteiger partial charge in [0.05, 0.1) is 28.9 Å². The fourth-order valence-corrected chi connectivity index (χ4v) is 13.1. The van der Waals surface area contributed by atoms with Crippen molar-refractivity contribution in [2.24, 2.45) is 9.98 Å². The van der Waals surface area contributed by atoms with Gasteiger partial charge in [0.2, 0.25) is 10.0 Å². The van der Waals surface area contributed by atoms with Gasteiger partial charge in [-0.25, -0.2) is 10.5 Å². The number of nitrogens with zero attached hydrogens (tertiary/aromatic N) is 6. The van der Waals surface area contributed by atoms with E-state index in [1.54, 1.807) is 45.3 Å². The number of aliphatic imine (C=N–C) groups is 2. The van der Waals surface area contributed by atoms with Gasteiger partial charge >= 0.3 is 11.7 Å². The Kier molecular flexibility index (Phi) is 7.00. The molecule has 2 aliphatic heterocycles. The van der Waals surface area contributed by atoms with Gasteiger partial charge in [-0.1, -0.05) is 45.8 Å². The van der Waals surface area contributed by atoms with Crippen molar-refractivity contribution in [3.05, 3.63) is 70.4 Å². The quantitative estimate of drug-likeness (QED) is 0.102. The number of amidine groups is 2. The predicted octanol–water partition coefficient (Wildman–Crippen LogP) is 12.1. The van der Waals surface area contributed by atoms with E-state index in [1.165, 1.54) is 32.4 Å². The molecule has 14 heteroatoms. The number of ether oxygens (including phenoxy) is 2. The number of fused-ring (bicyclic) bond motifs is 9. The first kappa shape index (κ1) is 30.7. The summed E-state index contributed by atoms with van der Waals surface area (Å²) >= 11 is 9.78. The summed E-state index contributed by atoms with van der Waals surface area (Å²) in [4.78, 5) is 23.5. The Morgan fingerprint density at radius 2 is 1.04 bits per heavy atom. The van der Waals surface area contributed by atoms with E-state index in [9.17, 15) is 0 Å². The zero-order valence-electron chi connectivity index (χ0n) is 25.4. The average molecular weight is 735 g/mol. The minimum atomic E-state index is -0.564. The molecule has 0 aliphatic carbocycles. The molecule has 0 aromatic carbocycles. The van der Waals surface area contributed by atoms with Gasteiger partial charge in [0, 0.05) is 30.6 Å². The summed E-state index contributed by atoms with van der Waals surface area (Å²) in [5.74, 6) is 1.43. The van der Waals surface area contributed by atoms with Crippen LogP contribution >= 0.6 is 68.0 Å². The number of hydrogen-bond acceptors (Lipinski definition) is 12. The van der Waals surface area contributed by atoms with Crippen molar-refractivity contribution >= 4 is 99.1 Å². The molecule has 8 rings (SSSR count). The van der Waals surface area contributed by atoms with E-state index in [1.807, 2.05) is 36.4 Å². The van der Waals surface area contributed by atoms with Crippen LogP contribution < -0.4 is 9.47 Å². The van der Waals surface area contributed by atoms with Crippen molar-refractivity contribution in [3.8, 4) is 62.7 Å². The molecular weight excluding hydrogens is 717 g/mol. The van der Waals surface area contributed by atoms with Crippen molar-refractivity contribution in [2.75, 3.05) is 0 Å². The van der Waals surface area contributed by atoms with E-state index in [2.05, 4.69) is 59.5 Å². The van der Waals surface area contributed by atoms with Crippen molar-refractivity contribution in [3.63, 3.8) is 0 Å². The Labute approximate surface area is 299 Å². The topological polar surface area (TPSA) is 99.5 Å². The first-order valence-corrected chi connectivity index (χ1v) is 19.1. The van der Waals surface area contributed by atoms with Crippen LogP contribution in [0.5, 0.6) is 11.5 Å². The first-order valence-electron chi connectivity index (χ1n) is 14.2. The lowest BCUT2D eigenvalue weighted by Gasteiger charge is -2.31. The van der Waals surface area contributed by atoms with E-state index in [0.29, 0.717) is 10.0 Å². The van der Waals surface area contributed by atoms with E-state index in [4.69, 9.17) is 33.1 Å². The van der Waals surface area contributed by atoms with Crippen molar-refractivity contribution in [1.82, 2.24) is 0 Å². The second-order valence-corrected chi connectivity index (χ2v) is 18.0. The molecule has 0 N–H and O–H groups in total. The molecule has 0 unspecified atom stereocenters. The lowest BCUT2D eigenvalue weighted by molar-refractivity contribution is 0.108. The summed E-state index contributed by atoms with van der Waals surface area (Å²) in [5.41, 5.74) is 1.12. The maximum atomic E-state index is 9.13. The molecule has 6 aromatic heterocycles. The van der Waals surface area contributed by atoms with Gasteiger partial charge < -0.3 is 19.2 Å². The highest BCUT2D eigenvalue weighted by atomic mass is 32.1. The number of hydrogen-bond donors (Lipinski definition) is 0. The normalized spacial score (nSPS) is 15.5. The molecule has 6 aromatic rings. The largest absolute Gasteiger partial charge is 0.480 e. The Hall–Kier alpha value is -4.64. The second-order valence-electron chi connectivity index (χ2n) is 11.7. The summed E-state index contributed by atoms with van der Waals surface area (Å²) in [6, 6.07) is 15.7. The summed E-state index contributed by atoms with van der Waals surface area (Å²) < 4.78 is 15.8. The predicted molar refractivity (Wildman–Crippen MR) is 199 cm³/mol. The zero-order chi connectivity index (χ0) is 33.5. The molecule has 2 aliphatic rings. The fourth-order valence-electron chi connectivity index (χ4n) is 5.66. The second kappa shape index (κ2) is 10.9. The maximum absolute atomic E-state index is 9.13. The molecule has 0 spiro atoms. The Morgan fingerprint density at radius 3 is 1.42 bits per heavy atom. The van der Waals surface area contributed by atoms with E-state index in [0.717, 1.165) is 61.3 Å². The fraction of sp³-hybridized carbons (Fsp3) is 0.176. The van der Waals surface area contributed by atoms with Crippen LogP contribution in [0.4, 0.5) is 10.0 Å². The van der Waals surface area contributed by atoms with Gasteiger partial charge in [0.1, 0.15) is 23.3 Å². The average Bonchev–Trinajstić information content (AvgIpc) is 3.89. The lowest BCUT2D eigenvalue weighted by Crippen LogP contribution is -2.27. The number of thiophene rings is 6. The van der Waals surface area contributed by atoms with Crippen LogP contribution in [-0.4, -0.2) is 11.7 Å². The van der Waals surface area contributed by atoms with Gasteiger partial charge in [-0.3, -0.25) is 0 Å². The van der Waals surface area contributed by atoms with Crippen LogP contribution in [0.2, 0.25) is 0 Å². The molecule has 0 bridgehead atoms. The van der Waals surface area contributed by atoms with Gasteiger partial charge in [-0.2, -0.15) is 0 Å². The monoisotopic (exact) mass is 734 g/mol. The van der Waals surface area contributed by atoms with Crippen molar-refractivity contribution < 1.29 is 9.47 Å². The molecule has 0 atom stereocenters. The standard InChI is InChI=1S/C34H18N6O2S6/c1-33(2)15-11-19(17-7-9-23(43-17)39-21(13-35)37-5)45-27(15)29-25(41-33)31-32(47-29)26-30(48-31)28-16(34(3,4)42-26)12-20(46-28)18-8-10-24(44-18)40-22(14-36)38-6/h7-12H,1-4H3. The summed E-state index contributed by atoms with van der Waals surface area (Å²) in [6.45, 7) is 22.7. The van der Waals surface area contributed by atoms with Gasteiger partial charge in [-0.05, 0) is 64.1 Å². The Bertz CT molecular complexity index is 2380. The molecule has 0 fully saturated rings. The van der Waals surface area contributed by atoms with Gasteiger partial charge in [0.25, 0.3) is 0 Å². The molecule has 0 saturated carbocycles. The highest BCUT2D eigenvalue weighted by molar-refractivity contribution is 7.36. The summed E-state index contributed by atoms with van der Waals surface area (Å²) in [7, 11) is 0. The molecule has 8 nitrogen and oxygen atoms in total. The molecule has 0 amide bonds. The number of rotatable bonds is 4. The van der Waals surface area contributed by atoms with E-state index < -0.39 is 11.2 Å². The van der Waals surface area contributed by atoms with Crippen molar-refractivity contribution in [2.45, 2.75) is 38.9 Å². The van der Waals surface area contributed by atoms with Crippen LogP contribution in [0.3, 0.4) is 0 Å². The molecule has 0 radical (unpaired) electrons. The van der Waals surface area contributed by atoms with Crippen LogP contribution in [-0.2, 0) is 11.2 Å². The lowest BCUT2D eigenvalue weighted by atomic mass is 9.95. The van der Waals surface area contributed by atoms with Gasteiger partial charge in [-0.15, -0.1) is 45.3 Å². The highest BCUT2D eigenvalue weighted by Gasteiger charge is 2.42. The number of nitriles is 2. The SMILES string of the molecule is [C-]#[N+]C(C#N)=Nc1ccc(-c2cc3c(s2)-c2sc4c5c(sc4c2OC3(C)C)-c2sc(-c3ccc(N=C(C#N)[N+]#[C-])s3)cc2C(C)(C)O5)s1. The minimum absolute atomic E-state index is 0.176. The minimum Gasteiger partial charge on any atom is -0.480 e. The summed E-state index contributed by atoms with van der Waals surface area (Å²) in [5, 5.41) is 19.5. The molecule has 8 heterocycles.